The van der Waals surface area contributed by atoms with Crippen molar-refractivity contribution in [3.63, 3.8) is 0 Å². The lowest BCUT2D eigenvalue weighted by atomic mass is 10.1. The van der Waals surface area contributed by atoms with Crippen molar-refractivity contribution in [1.29, 1.82) is 0 Å². The molecule has 0 unspecified atom stereocenters. The van der Waals surface area contributed by atoms with Gasteiger partial charge in [0.15, 0.2) is 0 Å². The SMILES string of the molecule is COc1ccc(Br)c(CCC=O)c1NC(C)=O. The number of carbonyl (C=O) groups excluding carboxylic acids is 2. The molecule has 1 rings (SSSR count). The number of hydrogen-bond donors (Lipinski definition) is 1. The summed E-state index contributed by atoms with van der Waals surface area (Å²) in [6.45, 7) is 1.43. The molecule has 0 aromatic heterocycles. The third-order valence-electron chi connectivity index (χ3n) is 2.25. The van der Waals surface area contributed by atoms with Gasteiger partial charge in [-0.2, -0.15) is 0 Å². The molecule has 1 aromatic rings. The van der Waals surface area contributed by atoms with Gasteiger partial charge < -0.3 is 14.8 Å². The van der Waals surface area contributed by atoms with E-state index in [0.29, 0.717) is 24.3 Å². The molecule has 0 aliphatic carbocycles. The Morgan fingerprint density at radius 1 is 1.53 bits per heavy atom. The zero-order valence-corrected chi connectivity index (χ0v) is 11.3. The van der Waals surface area contributed by atoms with Gasteiger partial charge in [0.25, 0.3) is 0 Å². The van der Waals surface area contributed by atoms with Gasteiger partial charge in [-0.05, 0) is 24.1 Å². The Kier molecular flexibility index (Phi) is 5.15. The summed E-state index contributed by atoms with van der Waals surface area (Å²) < 4.78 is 6.05. The molecular formula is C12H14BrNO3. The molecule has 0 saturated carbocycles. The van der Waals surface area contributed by atoms with Crippen LogP contribution >= 0.6 is 15.9 Å². The van der Waals surface area contributed by atoms with Gasteiger partial charge in [0.05, 0.1) is 12.8 Å². The van der Waals surface area contributed by atoms with Crippen LogP contribution in [-0.2, 0) is 16.0 Å². The molecule has 0 aliphatic heterocycles. The lowest BCUT2D eigenvalue weighted by Gasteiger charge is -2.15. The number of amides is 1. The monoisotopic (exact) mass is 299 g/mol. The van der Waals surface area contributed by atoms with Crippen LogP contribution in [0.3, 0.4) is 0 Å². The van der Waals surface area contributed by atoms with Gasteiger partial charge in [-0.3, -0.25) is 4.79 Å². The average molecular weight is 300 g/mol. The normalized spacial score (nSPS) is 9.82. The second-order valence-corrected chi connectivity index (χ2v) is 4.34. The third kappa shape index (κ3) is 3.56. The van der Waals surface area contributed by atoms with Crippen LogP contribution in [0.4, 0.5) is 5.69 Å². The molecule has 0 saturated heterocycles. The lowest BCUT2D eigenvalue weighted by molar-refractivity contribution is -0.114. The Balaban J connectivity index is 3.20. The number of anilines is 1. The molecule has 92 valence electrons. The van der Waals surface area contributed by atoms with Gasteiger partial charge in [-0.25, -0.2) is 0 Å². The van der Waals surface area contributed by atoms with E-state index in [1.165, 1.54) is 14.0 Å². The number of nitrogens with one attached hydrogen (secondary N) is 1. The molecule has 0 radical (unpaired) electrons. The highest BCUT2D eigenvalue weighted by atomic mass is 79.9. The molecule has 0 spiro atoms. The summed E-state index contributed by atoms with van der Waals surface area (Å²) in [5.74, 6) is 0.415. The number of benzene rings is 1. The summed E-state index contributed by atoms with van der Waals surface area (Å²) in [5.41, 5.74) is 1.49. The zero-order chi connectivity index (χ0) is 12.8. The first-order valence-electron chi connectivity index (χ1n) is 5.16. The molecule has 0 aliphatic rings. The van der Waals surface area contributed by atoms with Crippen molar-refractivity contribution in [3.8, 4) is 5.75 Å². The van der Waals surface area contributed by atoms with E-state index < -0.39 is 0 Å². The molecule has 17 heavy (non-hydrogen) atoms. The maximum Gasteiger partial charge on any atom is 0.221 e. The molecule has 1 N–H and O–H groups in total. The fourth-order valence-corrected chi connectivity index (χ4v) is 2.06. The Bertz CT molecular complexity index is 432. The minimum absolute atomic E-state index is 0.172. The Hall–Kier alpha value is -1.36. The molecule has 4 nitrogen and oxygen atoms in total. The number of ether oxygens (including phenoxy) is 1. The number of carbonyl (C=O) groups is 2. The number of hydrogen-bond acceptors (Lipinski definition) is 3. The number of methoxy groups -OCH3 is 1. The topological polar surface area (TPSA) is 55.4 Å². The van der Waals surface area contributed by atoms with E-state index in [1.807, 2.05) is 6.07 Å². The zero-order valence-electron chi connectivity index (χ0n) is 9.75. The third-order valence-corrected chi connectivity index (χ3v) is 2.99. The molecule has 5 heteroatoms. The van der Waals surface area contributed by atoms with Crippen LogP contribution in [0, 0.1) is 0 Å². The van der Waals surface area contributed by atoms with Crippen molar-refractivity contribution in [2.75, 3.05) is 12.4 Å². The molecule has 0 bridgehead atoms. The van der Waals surface area contributed by atoms with E-state index in [1.54, 1.807) is 6.07 Å². The van der Waals surface area contributed by atoms with E-state index in [9.17, 15) is 9.59 Å². The van der Waals surface area contributed by atoms with Crippen LogP contribution in [-0.4, -0.2) is 19.3 Å². The molecule has 1 amide bonds. The second-order valence-electron chi connectivity index (χ2n) is 3.49. The van der Waals surface area contributed by atoms with Gasteiger partial charge in [0.1, 0.15) is 12.0 Å². The van der Waals surface area contributed by atoms with Crippen molar-refractivity contribution in [3.05, 3.63) is 22.2 Å². The van der Waals surface area contributed by atoms with E-state index in [4.69, 9.17) is 4.74 Å². The number of aldehydes is 1. The molecule has 0 fully saturated rings. The molecule has 0 heterocycles. The summed E-state index contributed by atoms with van der Waals surface area (Å²) in [4.78, 5) is 21.6. The predicted octanol–water partition coefficient (Wildman–Crippen LogP) is 2.55. The van der Waals surface area contributed by atoms with E-state index >= 15 is 0 Å². The molecule has 1 aromatic carbocycles. The summed E-state index contributed by atoms with van der Waals surface area (Å²) in [7, 11) is 1.54. The summed E-state index contributed by atoms with van der Waals surface area (Å²) in [5, 5.41) is 2.73. The lowest BCUT2D eigenvalue weighted by Crippen LogP contribution is -2.10. The first kappa shape index (κ1) is 13.7. The van der Waals surface area contributed by atoms with Gasteiger partial charge >= 0.3 is 0 Å². The predicted molar refractivity (Wildman–Crippen MR) is 69.4 cm³/mol. The van der Waals surface area contributed by atoms with Gasteiger partial charge in [0.2, 0.25) is 5.91 Å². The average Bonchev–Trinajstić information content (AvgIpc) is 2.28. The maximum atomic E-state index is 11.2. The summed E-state index contributed by atoms with van der Waals surface area (Å²) in [6, 6.07) is 3.60. The van der Waals surface area contributed by atoms with Crippen LogP contribution in [0.25, 0.3) is 0 Å². The highest BCUT2D eigenvalue weighted by Gasteiger charge is 2.13. The van der Waals surface area contributed by atoms with Crippen molar-refractivity contribution in [2.45, 2.75) is 19.8 Å². The number of halogens is 1. The van der Waals surface area contributed by atoms with Gasteiger partial charge in [-0.15, -0.1) is 0 Å². The maximum absolute atomic E-state index is 11.2. The van der Waals surface area contributed by atoms with E-state index in [2.05, 4.69) is 21.2 Å². The van der Waals surface area contributed by atoms with Crippen molar-refractivity contribution in [1.82, 2.24) is 0 Å². The summed E-state index contributed by atoms with van der Waals surface area (Å²) >= 11 is 3.41. The van der Waals surface area contributed by atoms with Crippen molar-refractivity contribution >= 4 is 33.8 Å². The fraction of sp³-hybridized carbons (Fsp3) is 0.333. The minimum Gasteiger partial charge on any atom is -0.495 e. The van der Waals surface area contributed by atoms with E-state index in [-0.39, 0.29) is 5.91 Å². The van der Waals surface area contributed by atoms with Gasteiger partial charge in [-0.1, -0.05) is 15.9 Å². The largest absolute Gasteiger partial charge is 0.495 e. The Morgan fingerprint density at radius 3 is 2.76 bits per heavy atom. The summed E-state index contributed by atoms with van der Waals surface area (Å²) in [6.07, 6.45) is 1.80. The van der Waals surface area contributed by atoms with Crippen LogP contribution in [0.1, 0.15) is 18.9 Å². The second kappa shape index (κ2) is 6.39. The smallest absolute Gasteiger partial charge is 0.221 e. The standard InChI is InChI=1S/C12H14BrNO3/c1-8(16)14-12-9(4-3-7-15)10(13)5-6-11(12)17-2/h5-7H,3-4H2,1-2H3,(H,14,16). The van der Waals surface area contributed by atoms with Crippen molar-refractivity contribution < 1.29 is 14.3 Å². The Labute approximate surface area is 108 Å². The highest BCUT2D eigenvalue weighted by Crippen LogP contribution is 2.34. The fourth-order valence-electron chi connectivity index (χ4n) is 1.53. The highest BCUT2D eigenvalue weighted by molar-refractivity contribution is 9.10. The first-order chi connectivity index (χ1) is 8.10. The quantitative estimate of drug-likeness (QED) is 0.850. The minimum atomic E-state index is -0.172. The van der Waals surface area contributed by atoms with Crippen LogP contribution in [0.15, 0.2) is 16.6 Å². The van der Waals surface area contributed by atoms with Gasteiger partial charge in [0, 0.05) is 17.8 Å². The molecular weight excluding hydrogens is 286 g/mol. The van der Waals surface area contributed by atoms with Crippen molar-refractivity contribution in [2.24, 2.45) is 0 Å². The Morgan fingerprint density at radius 2 is 2.24 bits per heavy atom. The first-order valence-corrected chi connectivity index (χ1v) is 5.96. The molecule has 0 atom stereocenters. The van der Waals surface area contributed by atoms with E-state index in [0.717, 1.165) is 16.3 Å². The van der Waals surface area contributed by atoms with Crippen LogP contribution in [0.2, 0.25) is 0 Å². The van der Waals surface area contributed by atoms with Crippen LogP contribution in [0.5, 0.6) is 5.75 Å². The van der Waals surface area contributed by atoms with Crippen LogP contribution < -0.4 is 10.1 Å². The number of rotatable bonds is 5.